The van der Waals surface area contributed by atoms with Crippen LogP contribution in [0.15, 0.2) is 39.4 Å². The topological polar surface area (TPSA) is 30.2 Å². The van der Waals surface area contributed by atoms with Crippen LogP contribution >= 0.6 is 15.9 Å². The highest BCUT2D eigenvalue weighted by molar-refractivity contribution is 9.10. The number of benzene rings is 1. The van der Waals surface area contributed by atoms with Crippen molar-refractivity contribution in [3.8, 4) is 0 Å². The zero-order valence-corrected chi connectivity index (χ0v) is 10.8. The van der Waals surface area contributed by atoms with Gasteiger partial charge in [-0.3, -0.25) is 4.79 Å². The number of halogens is 2. The van der Waals surface area contributed by atoms with Gasteiger partial charge in [-0.25, -0.2) is 4.39 Å². The summed E-state index contributed by atoms with van der Waals surface area (Å²) in [4.78, 5) is 12.1. The first-order valence-corrected chi connectivity index (χ1v) is 5.99. The van der Waals surface area contributed by atoms with Gasteiger partial charge in [0.2, 0.25) is 0 Å². The second kappa shape index (κ2) is 4.84. The Labute approximate surface area is 107 Å². The van der Waals surface area contributed by atoms with Gasteiger partial charge in [0.25, 0.3) is 0 Å². The van der Waals surface area contributed by atoms with Gasteiger partial charge in [-0.2, -0.15) is 0 Å². The van der Waals surface area contributed by atoms with Gasteiger partial charge < -0.3 is 4.42 Å². The fourth-order valence-corrected chi connectivity index (χ4v) is 1.99. The molecule has 1 aromatic carbocycles. The summed E-state index contributed by atoms with van der Waals surface area (Å²) in [6, 6.07) is 5.85. The van der Waals surface area contributed by atoms with Gasteiger partial charge >= 0.3 is 0 Å². The van der Waals surface area contributed by atoms with Gasteiger partial charge in [0.15, 0.2) is 5.78 Å². The third-order valence-electron chi connectivity index (χ3n) is 2.49. The number of rotatable bonds is 3. The fraction of sp³-hybridized carbons (Fsp3) is 0.154. The highest BCUT2D eigenvalue weighted by Crippen LogP contribution is 2.21. The average molecular weight is 297 g/mol. The van der Waals surface area contributed by atoms with E-state index in [0.29, 0.717) is 23.3 Å². The molecule has 0 atom stereocenters. The molecule has 0 fully saturated rings. The lowest BCUT2D eigenvalue weighted by Crippen LogP contribution is -2.03. The molecular weight excluding hydrogens is 287 g/mol. The zero-order chi connectivity index (χ0) is 12.4. The van der Waals surface area contributed by atoms with E-state index in [1.165, 1.54) is 24.5 Å². The summed E-state index contributed by atoms with van der Waals surface area (Å²) >= 11 is 3.06. The SMILES string of the molecule is CCc1occc1C(=O)c1ccc(F)c(Br)c1. The first-order valence-electron chi connectivity index (χ1n) is 5.19. The second-order valence-electron chi connectivity index (χ2n) is 3.57. The van der Waals surface area contributed by atoms with Crippen LogP contribution in [0.2, 0.25) is 0 Å². The lowest BCUT2D eigenvalue weighted by Gasteiger charge is -2.02. The van der Waals surface area contributed by atoms with E-state index >= 15 is 0 Å². The minimum Gasteiger partial charge on any atom is -0.469 e. The summed E-state index contributed by atoms with van der Waals surface area (Å²) in [7, 11) is 0. The predicted octanol–water partition coefficient (Wildman–Crippen LogP) is 3.97. The minimum absolute atomic E-state index is 0.156. The van der Waals surface area contributed by atoms with Crippen molar-refractivity contribution in [2.45, 2.75) is 13.3 Å². The molecule has 0 aliphatic carbocycles. The van der Waals surface area contributed by atoms with E-state index in [0.717, 1.165) is 0 Å². The van der Waals surface area contributed by atoms with Crippen LogP contribution in [0.25, 0.3) is 0 Å². The first-order chi connectivity index (χ1) is 8.13. The molecule has 1 aromatic heterocycles. The van der Waals surface area contributed by atoms with Gasteiger partial charge in [-0.05, 0) is 40.2 Å². The van der Waals surface area contributed by atoms with Crippen LogP contribution in [0.5, 0.6) is 0 Å². The summed E-state index contributed by atoms with van der Waals surface area (Å²) in [5, 5.41) is 0. The highest BCUT2D eigenvalue weighted by atomic mass is 79.9. The molecule has 1 heterocycles. The largest absolute Gasteiger partial charge is 0.469 e. The van der Waals surface area contributed by atoms with Crippen LogP contribution in [0.3, 0.4) is 0 Å². The number of aryl methyl sites for hydroxylation is 1. The van der Waals surface area contributed by atoms with E-state index in [2.05, 4.69) is 15.9 Å². The Morgan fingerprint density at radius 1 is 1.41 bits per heavy atom. The first kappa shape index (κ1) is 12.0. The molecule has 88 valence electrons. The number of furan rings is 1. The molecule has 0 spiro atoms. The van der Waals surface area contributed by atoms with Crippen molar-refractivity contribution < 1.29 is 13.6 Å². The van der Waals surface area contributed by atoms with E-state index in [4.69, 9.17) is 4.42 Å². The van der Waals surface area contributed by atoms with Crippen LogP contribution in [-0.4, -0.2) is 5.78 Å². The Morgan fingerprint density at radius 3 is 2.82 bits per heavy atom. The molecule has 4 heteroatoms. The molecule has 0 radical (unpaired) electrons. The minimum atomic E-state index is -0.385. The molecule has 0 N–H and O–H groups in total. The fourth-order valence-electron chi connectivity index (χ4n) is 1.61. The predicted molar refractivity (Wildman–Crippen MR) is 65.6 cm³/mol. The highest BCUT2D eigenvalue weighted by Gasteiger charge is 2.16. The molecule has 0 aliphatic heterocycles. The molecule has 17 heavy (non-hydrogen) atoms. The van der Waals surface area contributed by atoms with Gasteiger partial charge in [0.1, 0.15) is 11.6 Å². The number of ketones is 1. The third kappa shape index (κ3) is 2.31. The molecule has 0 bridgehead atoms. The second-order valence-corrected chi connectivity index (χ2v) is 4.42. The smallest absolute Gasteiger partial charge is 0.196 e. The maximum atomic E-state index is 13.1. The molecule has 0 aliphatic rings. The van der Waals surface area contributed by atoms with Crippen LogP contribution in [0.1, 0.15) is 28.6 Å². The van der Waals surface area contributed by atoms with E-state index in [9.17, 15) is 9.18 Å². The molecule has 0 saturated carbocycles. The summed E-state index contributed by atoms with van der Waals surface area (Å²) in [6.45, 7) is 1.91. The Morgan fingerprint density at radius 2 is 2.18 bits per heavy atom. The maximum absolute atomic E-state index is 13.1. The van der Waals surface area contributed by atoms with Crippen molar-refractivity contribution in [1.29, 1.82) is 0 Å². The molecule has 0 amide bonds. The summed E-state index contributed by atoms with van der Waals surface area (Å²) in [5.74, 6) is 0.108. The van der Waals surface area contributed by atoms with E-state index in [1.807, 2.05) is 6.92 Å². The van der Waals surface area contributed by atoms with Crippen LogP contribution in [0.4, 0.5) is 4.39 Å². The number of hydrogen-bond acceptors (Lipinski definition) is 2. The number of hydrogen-bond donors (Lipinski definition) is 0. The monoisotopic (exact) mass is 296 g/mol. The quantitative estimate of drug-likeness (QED) is 0.802. The standard InChI is InChI=1S/C13H10BrFO2/c1-2-12-9(5-6-17-12)13(16)8-3-4-11(15)10(14)7-8/h3-7H,2H2,1H3. The van der Waals surface area contributed by atoms with Crippen molar-refractivity contribution in [1.82, 2.24) is 0 Å². The normalized spacial score (nSPS) is 10.5. The Hall–Kier alpha value is -1.42. The zero-order valence-electron chi connectivity index (χ0n) is 9.17. The van der Waals surface area contributed by atoms with Crippen molar-refractivity contribution in [3.63, 3.8) is 0 Å². The van der Waals surface area contributed by atoms with E-state index in [1.54, 1.807) is 6.07 Å². The lowest BCUT2D eigenvalue weighted by atomic mass is 10.0. The third-order valence-corrected chi connectivity index (χ3v) is 3.10. The molecule has 0 saturated heterocycles. The average Bonchev–Trinajstić information content (AvgIpc) is 2.80. The van der Waals surface area contributed by atoms with Crippen LogP contribution < -0.4 is 0 Å². The van der Waals surface area contributed by atoms with E-state index in [-0.39, 0.29) is 16.1 Å². The Balaban J connectivity index is 2.40. The molecule has 0 unspecified atom stereocenters. The molecule has 2 rings (SSSR count). The Bertz CT molecular complexity index is 560. The number of carbonyl (C=O) groups excluding carboxylic acids is 1. The van der Waals surface area contributed by atoms with Crippen LogP contribution in [-0.2, 0) is 6.42 Å². The van der Waals surface area contributed by atoms with Crippen molar-refractivity contribution in [2.75, 3.05) is 0 Å². The van der Waals surface area contributed by atoms with Gasteiger partial charge in [0, 0.05) is 12.0 Å². The van der Waals surface area contributed by atoms with E-state index < -0.39 is 0 Å². The molecule has 2 nitrogen and oxygen atoms in total. The van der Waals surface area contributed by atoms with Crippen molar-refractivity contribution in [3.05, 3.63) is 57.7 Å². The molecular formula is C13H10BrFO2. The Kier molecular flexibility index (Phi) is 3.43. The summed E-state index contributed by atoms with van der Waals surface area (Å²) < 4.78 is 18.6. The van der Waals surface area contributed by atoms with Gasteiger partial charge in [-0.15, -0.1) is 0 Å². The number of carbonyl (C=O) groups is 1. The lowest BCUT2D eigenvalue weighted by molar-refractivity contribution is 0.103. The van der Waals surface area contributed by atoms with Crippen molar-refractivity contribution in [2.24, 2.45) is 0 Å². The van der Waals surface area contributed by atoms with Gasteiger partial charge in [0.05, 0.1) is 16.3 Å². The van der Waals surface area contributed by atoms with Crippen molar-refractivity contribution >= 4 is 21.7 Å². The summed E-state index contributed by atoms with van der Waals surface area (Å²) in [5.41, 5.74) is 0.973. The summed E-state index contributed by atoms with van der Waals surface area (Å²) in [6.07, 6.45) is 2.14. The van der Waals surface area contributed by atoms with Crippen LogP contribution in [0, 0.1) is 5.82 Å². The molecule has 2 aromatic rings. The van der Waals surface area contributed by atoms with Gasteiger partial charge in [-0.1, -0.05) is 6.92 Å². The maximum Gasteiger partial charge on any atom is 0.196 e.